The average molecular weight is 522 g/mol. The smallest absolute Gasteiger partial charge is 0.326 e. The van der Waals surface area contributed by atoms with Crippen molar-refractivity contribution in [2.75, 3.05) is 6.54 Å². The van der Waals surface area contributed by atoms with Crippen molar-refractivity contribution in [1.29, 1.82) is 0 Å². The van der Waals surface area contributed by atoms with Crippen LogP contribution < -0.4 is 27.4 Å². The van der Waals surface area contributed by atoms with Gasteiger partial charge in [0.1, 0.15) is 18.1 Å². The van der Waals surface area contributed by atoms with Gasteiger partial charge < -0.3 is 47.6 Å². The standard InChI is InChI=1S/C22H35N9O6/c1-12(32)18(21(35)29-16(22(36)37)4-2-3-5-23)31-20(34)17(7-14-9-26-11-28-14)30-19(33)15(24)6-13-8-25-10-27-13/h8-12,15-18,32H,2-7,23-24H2,1H3,(H,25,27)(H,26,28)(H,29,35)(H,30,33)(H,31,34)(H,36,37). The number of aliphatic carboxylic acids is 1. The molecule has 15 nitrogen and oxygen atoms in total. The van der Waals surface area contributed by atoms with Gasteiger partial charge in [0.05, 0.1) is 24.8 Å². The summed E-state index contributed by atoms with van der Waals surface area (Å²) in [4.78, 5) is 63.7. The number of nitrogens with one attached hydrogen (secondary N) is 5. The van der Waals surface area contributed by atoms with Crippen LogP contribution in [0.3, 0.4) is 0 Å². The number of hydrogen-bond donors (Lipinski definition) is 9. The highest BCUT2D eigenvalue weighted by molar-refractivity contribution is 5.94. The van der Waals surface area contributed by atoms with Gasteiger partial charge in [-0.15, -0.1) is 0 Å². The van der Waals surface area contributed by atoms with Crippen LogP contribution in [-0.2, 0) is 32.0 Å². The van der Waals surface area contributed by atoms with Crippen LogP contribution in [0.1, 0.15) is 37.6 Å². The summed E-state index contributed by atoms with van der Waals surface area (Å²) in [5, 5.41) is 26.9. The van der Waals surface area contributed by atoms with E-state index in [9.17, 15) is 29.4 Å². The van der Waals surface area contributed by atoms with Gasteiger partial charge in [-0.05, 0) is 32.7 Å². The number of H-pyrrole nitrogens is 2. The SMILES string of the molecule is CC(O)C(NC(=O)C(Cc1cnc[nH]1)NC(=O)C(N)Cc1cnc[nH]1)C(=O)NC(CCCCN)C(=O)O. The molecule has 2 rings (SSSR count). The highest BCUT2D eigenvalue weighted by Crippen LogP contribution is 2.06. The zero-order valence-electron chi connectivity index (χ0n) is 20.5. The van der Waals surface area contributed by atoms with Crippen molar-refractivity contribution in [3.63, 3.8) is 0 Å². The summed E-state index contributed by atoms with van der Waals surface area (Å²) in [6, 6.07) is -4.89. The first-order chi connectivity index (χ1) is 17.6. The summed E-state index contributed by atoms with van der Waals surface area (Å²) in [6.45, 7) is 1.65. The Hall–Kier alpha value is -3.82. The number of carbonyl (C=O) groups excluding carboxylic acids is 3. The van der Waals surface area contributed by atoms with Crippen molar-refractivity contribution in [1.82, 2.24) is 35.9 Å². The van der Waals surface area contributed by atoms with Gasteiger partial charge in [0.15, 0.2) is 0 Å². The molecule has 2 aromatic rings. The quantitative estimate of drug-likeness (QED) is 0.103. The summed E-state index contributed by atoms with van der Waals surface area (Å²) < 4.78 is 0. The van der Waals surface area contributed by atoms with Crippen molar-refractivity contribution in [2.45, 2.75) is 69.3 Å². The number of unbranched alkanes of at least 4 members (excludes halogenated alkanes) is 1. The van der Waals surface area contributed by atoms with Gasteiger partial charge in [0.2, 0.25) is 17.7 Å². The molecular formula is C22H35N9O6. The third kappa shape index (κ3) is 9.63. The Morgan fingerprint density at radius 3 is 2.03 bits per heavy atom. The van der Waals surface area contributed by atoms with E-state index >= 15 is 0 Å². The Balaban J connectivity index is 2.11. The number of aromatic amines is 2. The van der Waals surface area contributed by atoms with Gasteiger partial charge in [0.25, 0.3) is 0 Å². The van der Waals surface area contributed by atoms with Crippen molar-refractivity contribution in [2.24, 2.45) is 11.5 Å². The lowest BCUT2D eigenvalue weighted by molar-refractivity contribution is -0.143. The zero-order valence-corrected chi connectivity index (χ0v) is 20.5. The van der Waals surface area contributed by atoms with Crippen LogP contribution in [0.15, 0.2) is 25.0 Å². The van der Waals surface area contributed by atoms with Gasteiger partial charge in [-0.1, -0.05) is 0 Å². The first-order valence-electron chi connectivity index (χ1n) is 11.8. The molecule has 15 heteroatoms. The molecule has 3 amide bonds. The molecule has 0 saturated heterocycles. The molecule has 0 aliphatic rings. The molecule has 5 atom stereocenters. The summed E-state index contributed by atoms with van der Waals surface area (Å²) >= 11 is 0. The normalized spacial score (nSPS) is 15.1. The van der Waals surface area contributed by atoms with Crippen LogP contribution in [0.25, 0.3) is 0 Å². The number of carbonyl (C=O) groups is 4. The Morgan fingerprint density at radius 1 is 0.919 bits per heavy atom. The molecular weight excluding hydrogens is 486 g/mol. The number of carboxylic acids is 1. The number of imidazole rings is 2. The average Bonchev–Trinajstić information content (AvgIpc) is 3.55. The number of carboxylic acid groups (broad SMARTS) is 1. The van der Waals surface area contributed by atoms with Crippen LogP contribution in [0.2, 0.25) is 0 Å². The Kier molecular flexibility index (Phi) is 11.7. The number of rotatable bonds is 16. The molecule has 0 bridgehead atoms. The second-order valence-electron chi connectivity index (χ2n) is 8.64. The summed E-state index contributed by atoms with van der Waals surface area (Å²) in [5.74, 6) is -3.55. The van der Waals surface area contributed by atoms with Crippen molar-refractivity contribution in [3.8, 4) is 0 Å². The Labute approximate surface area is 213 Å². The maximum Gasteiger partial charge on any atom is 0.326 e. The predicted molar refractivity (Wildman–Crippen MR) is 131 cm³/mol. The van der Waals surface area contributed by atoms with Gasteiger partial charge in [-0.3, -0.25) is 14.4 Å². The zero-order chi connectivity index (χ0) is 27.4. The lowest BCUT2D eigenvalue weighted by Gasteiger charge is -2.26. The second-order valence-corrected chi connectivity index (χ2v) is 8.64. The fourth-order valence-corrected chi connectivity index (χ4v) is 3.50. The number of aliphatic hydroxyl groups excluding tert-OH is 1. The van der Waals surface area contributed by atoms with Gasteiger partial charge in [-0.25, -0.2) is 14.8 Å². The monoisotopic (exact) mass is 521 g/mol. The highest BCUT2D eigenvalue weighted by Gasteiger charge is 2.33. The van der Waals surface area contributed by atoms with Crippen LogP contribution in [0.4, 0.5) is 0 Å². The molecule has 0 saturated carbocycles. The molecule has 11 N–H and O–H groups in total. The van der Waals surface area contributed by atoms with E-state index in [4.69, 9.17) is 11.5 Å². The number of hydrogen-bond acceptors (Lipinski definition) is 9. The third-order valence-electron chi connectivity index (χ3n) is 5.57. The fraction of sp³-hybridized carbons (Fsp3) is 0.545. The number of nitrogens with two attached hydrogens (primary N) is 2. The lowest BCUT2D eigenvalue weighted by Crippen LogP contribution is -2.60. The van der Waals surface area contributed by atoms with Crippen LogP contribution in [-0.4, -0.2) is 90.7 Å². The van der Waals surface area contributed by atoms with Gasteiger partial charge in [0, 0.05) is 36.6 Å². The van der Waals surface area contributed by atoms with Crippen LogP contribution in [0, 0.1) is 0 Å². The first kappa shape index (κ1) is 29.4. The minimum atomic E-state index is -1.48. The molecule has 0 aromatic carbocycles. The van der Waals surface area contributed by atoms with E-state index in [0.717, 1.165) is 0 Å². The molecule has 0 radical (unpaired) electrons. The predicted octanol–water partition coefficient (Wildman–Crippen LogP) is -2.71. The van der Waals surface area contributed by atoms with Crippen LogP contribution >= 0.6 is 0 Å². The van der Waals surface area contributed by atoms with E-state index in [1.54, 1.807) is 0 Å². The summed E-state index contributed by atoms with van der Waals surface area (Å²) in [6.07, 6.45) is 5.78. The van der Waals surface area contributed by atoms with E-state index in [-0.39, 0.29) is 19.3 Å². The Bertz CT molecular complexity index is 996. The largest absolute Gasteiger partial charge is 0.480 e. The fourth-order valence-electron chi connectivity index (χ4n) is 3.50. The highest BCUT2D eigenvalue weighted by atomic mass is 16.4. The molecule has 0 aliphatic heterocycles. The third-order valence-corrected chi connectivity index (χ3v) is 5.57. The van der Waals surface area contributed by atoms with E-state index < -0.39 is 54.0 Å². The molecule has 37 heavy (non-hydrogen) atoms. The molecule has 2 heterocycles. The minimum absolute atomic E-state index is 0.0145. The number of amides is 3. The maximum absolute atomic E-state index is 13.2. The van der Waals surface area contributed by atoms with E-state index in [2.05, 4.69) is 35.9 Å². The van der Waals surface area contributed by atoms with Crippen molar-refractivity contribution < 1.29 is 29.4 Å². The number of nitrogens with zero attached hydrogens (tertiary/aromatic N) is 2. The first-order valence-corrected chi connectivity index (χ1v) is 11.8. The topological polar surface area (TPSA) is 254 Å². The molecule has 204 valence electrons. The molecule has 5 unspecified atom stereocenters. The number of aromatic nitrogens is 4. The molecule has 0 aliphatic carbocycles. The van der Waals surface area contributed by atoms with Gasteiger partial charge >= 0.3 is 5.97 Å². The van der Waals surface area contributed by atoms with E-state index in [1.165, 1.54) is 32.0 Å². The Morgan fingerprint density at radius 2 is 1.51 bits per heavy atom. The van der Waals surface area contributed by atoms with E-state index in [0.29, 0.717) is 30.8 Å². The van der Waals surface area contributed by atoms with E-state index in [1.807, 2.05) is 0 Å². The summed E-state index contributed by atoms with van der Waals surface area (Å²) in [5.41, 5.74) is 12.6. The minimum Gasteiger partial charge on any atom is -0.480 e. The number of aliphatic hydroxyl groups is 1. The van der Waals surface area contributed by atoms with Crippen LogP contribution in [0.5, 0.6) is 0 Å². The molecule has 0 spiro atoms. The van der Waals surface area contributed by atoms with Gasteiger partial charge in [-0.2, -0.15) is 0 Å². The molecule has 0 fully saturated rings. The summed E-state index contributed by atoms with van der Waals surface area (Å²) in [7, 11) is 0. The van der Waals surface area contributed by atoms with Crippen molar-refractivity contribution in [3.05, 3.63) is 36.4 Å². The molecule has 2 aromatic heterocycles. The maximum atomic E-state index is 13.2. The second kappa shape index (κ2) is 14.7. The lowest BCUT2D eigenvalue weighted by atomic mass is 10.1. The van der Waals surface area contributed by atoms with Crippen molar-refractivity contribution >= 4 is 23.7 Å².